The zero-order chi connectivity index (χ0) is 17.2. The van der Waals surface area contributed by atoms with Gasteiger partial charge in [-0.3, -0.25) is 0 Å². The molecule has 1 fully saturated rings. The number of hydrogen-bond acceptors (Lipinski definition) is 4. The minimum atomic E-state index is 0.229. The van der Waals surface area contributed by atoms with Crippen LogP contribution in [-0.2, 0) is 13.6 Å². The molecule has 0 spiro atoms. The van der Waals surface area contributed by atoms with Crippen LogP contribution in [0.3, 0.4) is 0 Å². The van der Waals surface area contributed by atoms with Crippen LogP contribution in [-0.4, -0.2) is 24.3 Å². The molecule has 1 aromatic carbocycles. The van der Waals surface area contributed by atoms with E-state index in [-0.39, 0.29) is 6.04 Å². The van der Waals surface area contributed by atoms with Crippen LogP contribution in [0, 0.1) is 0 Å². The molecule has 3 aromatic rings. The quantitative estimate of drug-likeness (QED) is 0.751. The largest absolute Gasteiger partial charge is 0.317 e. The Morgan fingerprint density at radius 2 is 2.16 bits per heavy atom. The van der Waals surface area contributed by atoms with Gasteiger partial charge in [-0.2, -0.15) is 0 Å². The molecule has 2 heterocycles. The smallest absolute Gasteiger partial charge is 0.146 e. The van der Waals surface area contributed by atoms with Crippen molar-refractivity contribution in [2.75, 3.05) is 0 Å². The predicted molar refractivity (Wildman–Crippen MR) is 96.4 cm³/mol. The summed E-state index contributed by atoms with van der Waals surface area (Å²) in [5, 5.41) is 12.3. The SMILES string of the molecule is C[C@H](NCc1nnc(C2CCC2)n1C)c1cccc(-n2ccnc2)c1. The second-order valence-electron chi connectivity index (χ2n) is 6.83. The number of imidazole rings is 1. The summed E-state index contributed by atoms with van der Waals surface area (Å²) in [5.74, 6) is 2.74. The first-order valence-electron chi connectivity index (χ1n) is 8.92. The standard InChI is InChI=1S/C19H24N6/c1-14(16-7-4-8-17(11-16)25-10-9-20-13-25)21-12-18-22-23-19(24(18)2)15-5-3-6-15/h4,7-11,13-15,21H,3,5-6,12H2,1-2H3/t14-/m0/s1. The monoisotopic (exact) mass is 336 g/mol. The maximum Gasteiger partial charge on any atom is 0.146 e. The highest BCUT2D eigenvalue weighted by molar-refractivity contribution is 5.37. The maximum absolute atomic E-state index is 4.40. The minimum absolute atomic E-state index is 0.229. The van der Waals surface area contributed by atoms with E-state index in [1.807, 2.05) is 17.1 Å². The first-order valence-corrected chi connectivity index (χ1v) is 8.92. The highest BCUT2D eigenvalue weighted by atomic mass is 15.3. The molecule has 130 valence electrons. The van der Waals surface area contributed by atoms with Gasteiger partial charge in [0, 0.05) is 37.1 Å². The summed E-state index contributed by atoms with van der Waals surface area (Å²) < 4.78 is 4.18. The summed E-state index contributed by atoms with van der Waals surface area (Å²) in [7, 11) is 2.08. The molecular weight excluding hydrogens is 312 g/mol. The molecule has 4 rings (SSSR count). The molecule has 0 unspecified atom stereocenters. The molecule has 1 aliphatic carbocycles. The lowest BCUT2D eigenvalue weighted by Gasteiger charge is -2.24. The molecule has 1 saturated carbocycles. The number of nitrogens with one attached hydrogen (secondary N) is 1. The lowest BCUT2D eigenvalue weighted by molar-refractivity contribution is 0.390. The van der Waals surface area contributed by atoms with Crippen molar-refractivity contribution in [3.63, 3.8) is 0 Å². The topological polar surface area (TPSA) is 60.6 Å². The molecule has 0 bridgehead atoms. The van der Waals surface area contributed by atoms with Gasteiger partial charge >= 0.3 is 0 Å². The van der Waals surface area contributed by atoms with Crippen LogP contribution in [0.4, 0.5) is 0 Å². The van der Waals surface area contributed by atoms with Crippen molar-refractivity contribution < 1.29 is 0 Å². The van der Waals surface area contributed by atoms with Crippen LogP contribution >= 0.6 is 0 Å². The summed E-state index contributed by atoms with van der Waals surface area (Å²) >= 11 is 0. The van der Waals surface area contributed by atoms with E-state index in [4.69, 9.17) is 0 Å². The van der Waals surface area contributed by atoms with Gasteiger partial charge < -0.3 is 14.5 Å². The van der Waals surface area contributed by atoms with Gasteiger partial charge in [0.25, 0.3) is 0 Å². The maximum atomic E-state index is 4.40. The molecule has 2 aromatic heterocycles. The Morgan fingerprint density at radius 3 is 2.88 bits per heavy atom. The molecule has 0 saturated heterocycles. The second-order valence-corrected chi connectivity index (χ2v) is 6.83. The van der Waals surface area contributed by atoms with E-state index in [9.17, 15) is 0 Å². The van der Waals surface area contributed by atoms with Crippen LogP contribution in [0.1, 0.15) is 55.4 Å². The molecule has 6 nitrogen and oxygen atoms in total. The average Bonchev–Trinajstić information content (AvgIpc) is 3.23. The number of nitrogens with zero attached hydrogens (tertiary/aromatic N) is 5. The van der Waals surface area contributed by atoms with Gasteiger partial charge in [0.05, 0.1) is 12.9 Å². The van der Waals surface area contributed by atoms with Crippen molar-refractivity contribution in [1.82, 2.24) is 29.6 Å². The van der Waals surface area contributed by atoms with Crippen molar-refractivity contribution in [3.8, 4) is 5.69 Å². The molecular formula is C19H24N6. The summed E-state index contributed by atoms with van der Waals surface area (Å²) in [6, 6.07) is 8.74. The molecule has 1 atom stereocenters. The number of aromatic nitrogens is 5. The Kier molecular flexibility index (Phi) is 4.36. The minimum Gasteiger partial charge on any atom is -0.317 e. The number of hydrogen-bond donors (Lipinski definition) is 1. The molecule has 0 radical (unpaired) electrons. The lowest BCUT2D eigenvalue weighted by Crippen LogP contribution is -2.21. The number of benzene rings is 1. The van der Waals surface area contributed by atoms with E-state index in [1.54, 1.807) is 6.20 Å². The van der Waals surface area contributed by atoms with Crippen molar-refractivity contribution in [1.29, 1.82) is 0 Å². The summed E-state index contributed by atoms with van der Waals surface area (Å²) in [6.07, 6.45) is 9.38. The molecule has 6 heteroatoms. The molecule has 25 heavy (non-hydrogen) atoms. The van der Waals surface area contributed by atoms with Crippen molar-refractivity contribution in [2.45, 2.75) is 44.7 Å². The normalized spacial score (nSPS) is 15.9. The number of rotatable bonds is 6. The van der Waals surface area contributed by atoms with Gasteiger partial charge in [-0.1, -0.05) is 18.6 Å². The van der Waals surface area contributed by atoms with Gasteiger partial charge in [-0.25, -0.2) is 4.98 Å². The van der Waals surface area contributed by atoms with Crippen molar-refractivity contribution >= 4 is 0 Å². The third kappa shape index (κ3) is 3.22. The Morgan fingerprint density at radius 1 is 1.28 bits per heavy atom. The van der Waals surface area contributed by atoms with Crippen LogP contribution < -0.4 is 5.32 Å². The summed E-state index contributed by atoms with van der Waals surface area (Å²) in [6.45, 7) is 2.89. The Balaban J connectivity index is 1.43. The van der Waals surface area contributed by atoms with Crippen molar-refractivity contribution in [2.24, 2.45) is 7.05 Å². The fraction of sp³-hybridized carbons (Fsp3) is 0.421. The highest BCUT2D eigenvalue weighted by Crippen LogP contribution is 2.35. The van der Waals surface area contributed by atoms with E-state index in [2.05, 4.69) is 63.3 Å². The van der Waals surface area contributed by atoms with E-state index < -0.39 is 0 Å². The first-order chi connectivity index (χ1) is 12.2. The Labute approximate surface area is 147 Å². The van der Waals surface area contributed by atoms with Gasteiger partial charge in [0.2, 0.25) is 0 Å². The van der Waals surface area contributed by atoms with E-state index in [0.717, 1.165) is 17.3 Å². The van der Waals surface area contributed by atoms with Crippen LogP contribution in [0.5, 0.6) is 0 Å². The average molecular weight is 336 g/mol. The first kappa shape index (κ1) is 16.0. The van der Waals surface area contributed by atoms with Gasteiger partial charge in [-0.15, -0.1) is 10.2 Å². The van der Waals surface area contributed by atoms with Gasteiger partial charge in [-0.05, 0) is 37.5 Å². The fourth-order valence-electron chi connectivity index (χ4n) is 3.28. The Bertz CT molecular complexity index is 831. The zero-order valence-electron chi connectivity index (χ0n) is 14.8. The highest BCUT2D eigenvalue weighted by Gasteiger charge is 2.25. The van der Waals surface area contributed by atoms with Gasteiger partial charge in [0.15, 0.2) is 0 Å². The fourth-order valence-corrected chi connectivity index (χ4v) is 3.28. The van der Waals surface area contributed by atoms with Crippen LogP contribution in [0.2, 0.25) is 0 Å². The lowest BCUT2D eigenvalue weighted by atomic mass is 9.85. The predicted octanol–water partition coefficient (Wildman–Crippen LogP) is 3.12. The van der Waals surface area contributed by atoms with E-state index in [1.165, 1.54) is 24.8 Å². The van der Waals surface area contributed by atoms with Crippen LogP contribution in [0.15, 0.2) is 43.0 Å². The van der Waals surface area contributed by atoms with Gasteiger partial charge in [0.1, 0.15) is 11.6 Å². The Hall–Kier alpha value is -2.47. The molecule has 1 aliphatic rings. The third-order valence-electron chi connectivity index (χ3n) is 5.21. The van der Waals surface area contributed by atoms with Crippen molar-refractivity contribution in [3.05, 3.63) is 60.2 Å². The molecule has 0 aliphatic heterocycles. The van der Waals surface area contributed by atoms with E-state index in [0.29, 0.717) is 12.5 Å². The molecule has 0 amide bonds. The summed E-state index contributed by atoms with van der Waals surface area (Å²) in [5.41, 5.74) is 2.36. The molecule has 1 N–H and O–H groups in total. The zero-order valence-corrected chi connectivity index (χ0v) is 14.8. The summed E-state index contributed by atoms with van der Waals surface area (Å²) in [4.78, 5) is 4.12. The second kappa shape index (κ2) is 6.80. The van der Waals surface area contributed by atoms with Crippen LogP contribution in [0.25, 0.3) is 5.69 Å². The van der Waals surface area contributed by atoms with E-state index >= 15 is 0 Å². The third-order valence-corrected chi connectivity index (χ3v) is 5.21.